The minimum atomic E-state index is -4.59. The number of carbonyl (C=O) groups excluding carboxylic acids is 3. The van der Waals surface area contributed by atoms with Crippen molar-refractivity contribution < 1.29 is 27.6 Å². The molecule has 1 aliphatic rings. The second kappa shape index (κ2) is 6.43. The normalized spacial score (nSPS) is 20.2. The van der Waals surface area contributed by atoms with E-state index in [0.29, 0.717) is 16.0 Å². The first-order valence-electron chi connectivity index (χ1n) is 7.05. The minimum absolute atomic E-state index is 0.354. The van der Waals surface area contributed by atoms with Gasteiger partial charge in [-0.05, 0) is 24.6 Å². The number of nitrogens with one attached hydrogen (secondary N) is 2. The molecule has 1 atom stereocenters. The van der Waals surface area contributed by atoms with E-state index in [1.807, 2.05) is 6.07 Å². The van der Waals surface area contributed by atoms with Crippen LogP contribution in [-0.2, 0) is 15.1 Å². The van der Waals surface area contributed by atoms with Gasteiger partial charge < -0.3 is 10.6 Å². The fourth-order valence-electron chi connectivity index (χ4n) is 2.31. The molecule has 1 aliphatic heterocycles. The Morgan fingerprint density at radius 1 is 1.32 bits per heavy atom. The molecule has 0 unspecified atom stereocenters. The Kier molecular flexibility index (Phi) is 4.69. The summed E-state index contributed by atoms with van der Waals surface area (Å²) in [5, 5.41) is 12.8. The van der Waals surface area contributed by atoms with Gasteiger partial charge in [0.25, 0.3) is 5.91 Å². The number of nitriles is 1. The molecule has 25 heavy (non-hydrogen) atoms. The number of alkyl halides is 3. The van der Waals surface area contributed by atoms with Crippen molar-refractivity contribution >= 4 is 17.8 Å². The molecule has 0 bridgehead atoms. The van der Waals surface area contributed by atoms with E-state index in [1.165, 1.54) is 31.2 Å². The second-order valence-corrected chi connectivity index (χ2v) is 5.53. The van der Waals surface area contributed by atoms with Crippen LogP contribution in [0.4, 0.5) is 18.0 Å². The number of hydrogen-bond acceptors (Lipinski definition) is 4. The molecule has 4 amide bonds. The van der Waals surface area contributed by atoms with Crippen molar-refractivity contribution in [3.8, 4) is 6.07 Å². The first-order valence-corrected chi connectivity index (χ1v) is 7.05. The number of benzene rings is 1. The molecular formula is C15H13F3N4O3. The monoisotopic (exact) mass is 354 g/mol. The second-order valence-electron chi connectivity index (χ2n) is 5.53. The average Bonchev–Trinajstić information content (AvgIpc) is 2.77. The van der Waals surface area contributed by atoms with Gasteiger partial charge in [0.05, 0.1) is 11.6 Å². The third-order valence-electron chi connectivity index (χ3n) is 3.65. The Morgan fingerprint density at radius 3 is 2.44 bits per heavy atom. The molecule has 7 nitrogen and oxygen atoms in total. The topological polar surface area (TPSA) is 102 Å². The van der Waals surface area contributed by atoms with Crippen molar-refractivity contribution in [3.05, 3.63) is 35.4 Å². The van der Waals surface area contributed by atoms with Crippen molar-refractivity contribution in [3.63, 3.8) is 0 Å². The molecule has 1 fully saturated rings. The standard InChI is InChI=1S/C15H13F3N4O3/c1-14(10-4-2-9(6-19)3-5-10)12(24)22(13(25)21-14)7-11(23)20-8-15(16,17)18/h2-5H,7-8H2,1H3,(H,20,23)(H,21,25)/t14-/m0/s1. The zero-order valence-electron chi connectivity index (χ0n) is 13.0. The quantitative estimate of drug-likeness (QED) is 0.788. The molecule has 0 aliphatic carbocycles. The van der Waals surface area contributed by atoms with E-state index in [2.05, 4.69) is 5.32 Å². The SMILES string of the molecule is C[C@@]1(c2ccc(C#N)cc2)NC(=O)N(CC(=O)NCC(F)(F)F)C1=O. The van der Waals surface area contributed by atoms with E-state index in [0.717, 1.165) is 0 Å². The van der Waals surface area contributed by atoms with Crippen LogP contribution in [-0.4, -0.2) is 42.0 Å². The minimum Gasteiger partial charge on any atom is -0.345 e. The van der Waals surface area contributed by atoms with Crippen LogP contribution in [0.5, 0.6) is 0 Å². The first kappa shape index (κ1) is 18.3. The van der Waals surface area contributed by atoms with Crippen molar-refractivity contribution in [1.82, 2.24) is 15.5 Å². The zero-order chi connectivity index (χ0) is 18.8. The van der Waals surface area contributed by atoms with Crippen LogP contribution in [0.3, 0.4) is 0 Å². The summed E-state index contributed by atoms with van der Waals surface area (Å²) in [7, 11) is 0. The molecular weight excluding hydrogens is 341 g/mol. The van der Waals surface area contributed by atoms with E-state index in [9.17, 15) is 27.6 Å². The fourth-order valence-corrected chi connectivity index (χ4v) is 2.31. The zero-order valence-corrected chi connectivity index (χ0v) is 13.0. The molecule has 132 valence electrons. The van der Waals surface area contributed by atoms with Crippen molar-refractivity contribution in [1.29, 1.82) is 5.26 Å². The molecule has 1 aromatic carbocycles. The number of halogens is 3. The van der Waals surface area contributed by atoms with E-state index < -0.39 is 42.7 Å². The van der Waals surface area contributed by atoms with Crippen molar-refractivity contribution in [2.45, 2.75) is 18.6 Å². The van der Waals surface area contributed by atoms with E-state index in [-0.39, 0.29) is 0 Å². The number of hydrogen-bond donors (Lipinski definition) is 2. The van der Waals surface area contributed by atoms with Gasteiger partial charge in [0, 0.05) is 0 Å². The summed E-state index contributed by atoms with van der Waals surface area (Å²) in [5.74, 6) is -1.88. The number of rotatable bonds is 4. The lowest BCUT2D eigenvalue weighted by molar-refractivity contribution is -0.141. The van der Waals surface area contributed by atoms with Crippen LogP contribution in [0.2, 0.25) is 0 Å². The van der Waals surface area contributed by atoms with E-state index in [4.69, 9.17) is 5.26 Å². The number of nitrogens with zero attached hydrogens (tertiary/aromatic N) is 2. The first-order chi connectivity index (χ1) is 11.6. The smallest absolute Gasteiger partial charge is 0.345 e. The molecule has 0 spiro atoms. The van der Waals surface area contributed by atoms with Gasteiger partial charge in [0.15, 0.2) is 0 Å². The predicted octanol–water partition coefficient (Wildman–Crippen LogP) is 1.00. The van der Waals surface area contributed by atoms with Gasteiger partial charge in [-0.25, -0.2) is 4.79 Å². The molecule has 0 radical (unpaired) electrons. The van der Waals surface area contributed by atoms with Gasteiger partial charge in [-0.15, -0.1) is 0 Å². The van der Waals surface area contributed by atoms with Crippen LogP contribution >= 0.6 is 0 Å². The van der Waals surface area contributed by atoms with Gasteiger partial charge >= 0.3 is 12.2 Å². The number of imide groups is 1. The summed E-state index contributed by atoms with van der Waals surface area (Å²) in [6.07, 6.45) is -4.59. The Morgan fingerprint density at radius 2 is 1.92 bits per heavy atom. The number of urea groups is 1. The third-order valence-corrected chi connectivity index (χ3v) is 3.65. The van der Waals surface area contributed by atoms with Crippen LogP contribution in [0.25, 0.3) is 0 Å². The maximum atomic E-state index is 12.5. The Balaban J connectivity index is 2.13. The highest BCUT2D eigenvalue weighted by atomic mass is 19.4. The van der Waals surface area contributed by atoms with E-state index in [1.54, 1.807) is 5.32 Å². The lowest BCUT2D eigenvalue weighted by atomic mass is 9.91. The van der Waals surface area contributed by atoms with Crippen molar-refractivity contribution in [2.75, 3.05) is 13.1 Å². The fraction of sp³-hybridized carbons (Fsp3) is 0.333. The summed E-state index contributed by atoms with van der Waals surface area (Å²) in [6, 6.07) is 6.89. The maximum absolute atomic E-state index is 12.5. The van der Waals surface area contributed by atoms with Crippen LogP contribution < -0.4 is 10.6 Å². The molecule has 10 heteroatoms. The molecule has 1 heterocycles. The van der Waals surface area contributed by atoms with Crippen LogP contribution in [0.1, 0.15) is 18.1 Å². The van der Waals surface area contributed by atoms with Gasteiger partial charge in [0.2, 0.25) is 5.91 Å². The highest BCUT2D eigenvalue weighted by Gasteiger charge is 2.49. The summed E-state index contributed by atoms with van der Waals surface area (Å²) in [6.45, 7) is -0.975. The molecule has 2 rings (SSSR count). The summed E-state index contributed by atoms with van der Waals surface area (Å²) in [4.78, 5) is 36.6. The lowest BCUT2D eigenvalue weighted by Gasteiger charge is -2.22. The Hall–Kier alpha value is -3.09. The molecule has 1 saturated heterocycles. The molecule has 1 aromatic rings. The van der Waals surface area contributed by atoms with Gasteiger partial charge in [-0.2, -0.15) is 18.4 Å². The van der Waals surface area contributed by atoms with Crippen LogP contribution in [0.15, 0.2) is 24.3 Å². The van der Waals surface area contributed by atoms with Crippen molar-refractivity contribution in [2.24, 2.45) is 0 Å². The lowest BCUT2D eigenvalue weighted by Crippen LogP contribution is -2.44. The number of amides is 4. The Bertz CT molecular complexity index is 755. The van der Waals surface area contributed by atoms with Gasteiger partial charge in [-0.3, -0.25) is 14.5 Å². The summed E-state index contributed by atoms with van der Waals surface area (Å²) in [5.41, 5.74) is -0.745. The largest absolute Gasteiger partial charge is 0.405 e. The molecule has 2 N–H and O–H groups in total. The molecule has 0 saturated carbocycles. The van der Waals surface area contributed by atoms with Gasteiger partial charge in [-0.1, -0.05) is 12.1 Å². The Labute approximate surface area is 140 Å². The third kappa shape index (κ3) is 3.88. The predicted molar refractivity (Wildman–Crippen MR) is 77.8 cm³/mol. The summed E-state index contributed by atoms with van der Waals surface area (Å²) >= 11 is 0. The average molecular weight is 354 g/mol. The number of carbonyl (C=O) groups is 3. The van der Waals surface area contributed by atoms with Gasteiger partial charge in [0.1, 0.15) is 18.6 Å². The highest BCUT2D eigenvalue weighted by molar-refractivity contribution is 6.09. The highest BCUT2D eigenvalue weighted by Crippen LogP contribution is 2.28. The summed E-state index contributed by atoms with van der Waals surface area (Å²) < 4.78 is 36.3. The van der Waals surface area contributed by atoms with E-state index >= 15 is 0 Å². The molecule has 0 aromatic heterocycles. The van der Waals surface area contributed by atoms with Crippen LogP contribution in [0, 0.1) is 11.3 Å². The maximum Gasteiger partial charge on any atom is 0.405 e.